The lowest BCUT2D eigenvalue weighted by molar-refractivity contribution is 0.985. The van der Waals surface area contributed by atoms with Crippen molar-refractivity contribution in [3.8, 4) is 0 Å². The number of benzene rings is 1. The highest BCUT2D eigenvalue weighted by Gasteiger charge is 2.17. The molecule has 5 nitrogen and oxygen atoms in total. The Hall–Kier alpha value is -1.85. The zero-order valence-corrected chi connectivity index (χ0v) is 11.6. The molecule has 19 heavy (non-hydrogen) atoms. The van der Waals surface area contributed by atoms with Crippen LogP contribution >= 0.6 is 24.0 Å². The molecule has 2 N–H and O–H groups in total. The van der Waals surface area contributed by atoms with Gasteiger partial charge >= 0.3 is 0 Å². The summed E-state index contributed by atoms with van der Waals surface area (Å²) in [5.41, 5.74) is 7.49. The summed E-state index contributed by atoms with van der Waals surface area (Å²) in [7, 11) is 0. The Morgan fingerprint density at radius 2 is 1.79 bits per heavy atom. The Morgan fingerprint density at radius 3 is 2.53 bits per heavy atom. The predicted octanol–water partition coefficient (Wildman–Crippen LogP) is 2.87. The third-order valence-electron chi connectivity index (χ3n) is 2.52. The number of hydrazine groups is 1. The minimum absolute atomic E-state index is 0. The molecule has 0 saturated heterocycles. The van der Waals surface area contributed by atoms with Gasteiger partial charge in [-0.3, -0.25) is 10.9 Å². The smallest absolute Gasteiger partial charge is 0.175 e. The van der Waals surface area contributed by atoms with Gasteiger partial charge in [0.15, 0.2) is 16.8 Å². The number of anilines is 1. The minimum atomic E-state index is 0. The van der Waals surface area contributed by atoms with Crippen molar-refractivity contribution >= 4 is 41.3 Å². The first-order valence-electron chi connectivity index (χ1n) is 5.44. The van der Waals surface area contributed by atoms with Gasteiger partial charge < -0.3 is 0 Å². The molecule has 98 valence electrons. The maximum atomic E-state index is 6.07. The Bertz CT molecular complexity index is 628. The summed E-state index contributed by atoms with van der Waals surface area (Å²) in [5, 5.41) is 0.347. The van der Waals surface area contributed by atoms with Gasteiger partial charge in [0.2, 0.25) is 0 Å². The topological polar surface area (TPSA) is 62.2 Å². The first-order chi connectivity index (χ1) is 8.74. The second-order valence-corrected chi connectivity index (χ2v) is 4.19. The molecule has 1 aromatic heterocycles. The lowest BCUT2D eigenvalue weighted by atomic mass is 10.2. The summed E-state index contributed by atoms with van der Waals surface area (Å²) >= 11 is 6.07. The molecule has 0 aliphatic carbocycles. The van der Waals surface area contributed by atoms with E-state index in [0.717, 1.165) is 5.56 Å². The SMILES string of the molecule is Cc1nc(Cl)c2c(n1)NNC(c1ccccc1)=N2.Cl. The quantitative estimate of drug-likeness (QED) is 0.794. The van der Waals surface area contributed by atoms with Crippen molar-refractivity contribution in [3.63, 3.8) is 0 Å². The van der Waals surface area contributed by atoms with Crippen LogP contribution in [0.15, 0.2) is 35.3 Å². The largest absolute Gasteiger partial charge is 0.282 e. The third-order valence-corrected chi connectivity index (χ3v) is 2.79. The van der Waals surface area contributed by atoms with Crippen LogP contribution in [-0.4, -0.2) is 15.8 Å². The Kier molecular flexibility index (Phi) is 3.87. The zero-order chi connectivity index (χ0) is 12.5. The van der Waals surface area contributed by atoms with Crippen LogP contribution in [0, 0.1) is 6.92 Å². The molecule has 0 radical (unpaired) electrons. The van der Waals surface area contributed by atoms with Gasteiger partial charge in [0.05, 0.1) is 0 Å². The van der Waals surface area contributed by atoms with Gasteiger partial charge in [-0.2, -0.15) is 0 Å². The van der Waals surface area contributed by atoms with Crippen LogP contribution in [0.5, 0.6) is 0 Å². The van der Waals surface area contributed by atoms with Crippen LogP contribution in [0.4, 0.5) is 11.5 Å². The molecule has 1 aliphatic heterocycles. The average molecular weight is 296 g/mol. The zero-order valence-electron chi connectivity index (χ0n) is 10.0. The number of aryl methyl sites for hydroxylation is 1. The number of aromatic nitrogens is 2. The summed E-state index contributed by atoms with van der Waals surface area (Å²) in [4.78, 5) is 12.8. The molecule has 0 bridgehead atoms. The van der Waals surface area contributed by atoms with E-state index in [0.29, 0.717) is 28.3 Å². The van der Waals surface area contributed by atoms with Crippen molar-refractivity contribution in [2.45, 2.75) is 6.92 Å². The highest BCUT2D eigenvalue weighted by Crippen LogP contribution is 2.32. The maximum Gasteiger partial charge on any atom is 0.175 e. The molecule has 0 unspecified atom stereocenters. The summed E-state index contributed by atoms with van der Waals surface area (Å²) in [5.74, 6) is 1.89. The van der Waals surface area contributed by atoms with E-state index in [1.165, 1.54) is 0 Å². The number of nitrogens with one attached hydrogen (secondary N) is 2. The standard InChI is InChI=1S/C12H10ClN5.ClH/c1-7-14-10(13)9-12(15-7)18-17-11(16-9)8-5-3-2-4-6-8;/h2-6H,1H3,(H,16,17)(H,14,15,18);1H. The molecule has 0 spiro atoms. The molecule has 0 amide bonds. The number of amidine groups is 1. The van der Waals surface area contributed by atoms with E-state index in [-0.39, 0.29) is 12.4 Å². The molecule has 0 saturated carbocycles. The van der Waals surface area contributed by atoms with E-state index in [2.05, 4.69) is 25.8 Å². The number of hydrogen-bond donors (Lipinski definition) is 2. The van der Waals surface area contributed by atoms with E-state index in [1.807, 2.05) is 30.3 Å². The number of hydrogen-bond acceptors (Lipinski definition) is 5. The maximum absolute atomic E-state index is 6.07. The van der Waals surface area contributed by atoms with Crippen LogP contribution in [-0.2, 0) is 0 Å². The van der Waals surface area contributed by atoms with Crippen molar-refractivity contribution in [2.24, 2.45) is 4.99 Å². The highest BCUT2D eigenvalue weighted by atomic mass is 35.5. The molecule has 7 heteroatoms. The summed E-state index contributed by atoms with van der Waals surface area (Å²) in [6, 6.07) is 9.77. The first kappa shape index (κ1) is 13.6. The molecule has 1 aromatic carbocycles. The van der Waals surface area contributed by atoms with E-state index >= 15 is 0 Å². The highest BCUT2D eigenvalue weighted by molar-refractivity contribution is 6.32. The Balaban J connectivity index is 0.00000133. The van der Waals surface area contributed by atoms with Crippen LogP contribution in [0.2, 0.25) is 5.15 Å². The normalized spacial score (nSPS) is 12.4. The molecule has 1 aliphatic rings. The van der Waals surface area contributed by atoms with Crippen LogP contribution in [0.3, 0.4) is 0 Å². The fourth-order valence-electron chi connectivity index (χ4n) is 1.71. The lowest BCUT2D eigenvalue weighted by Crippen LogP contribution is -2.33. The molecule has 0 fully saturated rings. The number of rotatable bonds is 1. The van der Waals surface area contributed by atoms with Crippen molar-refractivity contribution < 1.29 is 0 Å². The summed E-state index contributed by atoms with van der Waals surface area (Å²) in [6.07, 6.45) is 0. The van der Waals surface area contributed by atoms with E-state index in [1.54, 1.807) is 6.92 Å². The van der Waals surface area contributed by atoms with Gasteiger partial charge in [0.25, 0.3) is 0 Å². The van der Waals surface area contributed by atoms with Crippen molar-refractivity contribution in [1.82, 2.24) is 15.4 Å². The van der Waals surface area contributed by atoms with Gasteiger partial charge in [-0.05, 0) is 6.92 Å². The van der Waals surface area contributed by atoms with Crippen LogP contribution < -0.4 is 10.9 Å². The van der Waals surface area contributed by atoms with E-state index in [4.69, 9.17) is 11.6 Å². The van der Waals surface area contributed by atoms with Gasteiger partial charge in [-0.15, -0.1) is 12.4 Å². The third kappa shape index (κ3) is 2.62. The van der Waals surface area contributed by atoms with Gasteiger partial charge in [-0.1, -0.05) is 41.9 Å². The molecule has 2 aromatic rings. The molecule has 3 rings (SSSR count). The molecule has 2 heterocycles. The fourth-order valence-corrected chi connectivity index (χ4v) is 1.96. The molecular formula is C12H11Cl2N5. The average Bonchev–Trinajstić information content (AvgIpc) is 2.39. The number of aliphatic imine (C=N–C) groups is 1. The Morgan fingerprint density at radius 1 is 1.05 bits per heavy atom. The van der Waals surface area contributed by atoms with Crippen molar-refractivity contribution in [2.75, 3.05) is 5.43 Å². The number of halogens is 2. The van der Waals surface area contributed by atoms with Crippen LogP contribution in [0.1, 0.15) is 11.4 Å². The van der Waals surface area contributed by atoms with Crippen LogP contribution in [0.25, 0.3) is 0 Å². The molecule has 0 atom stereocenters. The first-order valence-corrected chi connectivity index (χ1v) is 5.82. The van der Waals surface area contributed by atoms with Crippen molar-refractivity contribution in [1.29, 1.82) is 0 Å². The number of nitrogens with zero attached hydrogens (tertiary/aromatic N) is 3. The monoisotopic (exact) mass is 295 g/mol. The fraction of sp³-hybridized carbons (Fsp3) is 0.0833. The van der Waals surface area contributed by atoms with E-state index in [9.17, 15) is 0 Å². The summed E-state index contributed by atoms with van der Waals surface area (Å²) < 4.78 is 0. The summed E-state index contributed by atoms with van der Waals surface area (Å²) in [6.45, 7) is 1.78. The second-order valence-electron chi connectivity index (χ2n) is 3.84. The predicted molar refractivity (Wildman–Crippen MR) is 78.4 cm³/mol. The van der Waals surface area contributed by atoms with Crippen molar-refractivity contribution in [3.05, 3.63) is 46.9 Å². The minimum Gasteiger partial charge on any atom is -0.282 e. The molecular weight excluding hydrogens is 285 g/mol. The Labute approximate surface area is 121 Å². The number of fused-ring (bicyclic) bond motifs is 1. The lowest BCUT2D eigenvalue weighted by Gasteiger charge is -2.19. The van der Waals surface area contributed by atoms with E-state index < -0.39 is 0 Å². The van der Waals surface area contributed by atoms with Gasteiger partial charge in [-0.25, -0.2) is 15.0 Å². The second kappa shape index (κ2) is 5.42. The van der Waals surface area contributed by atoms with Gasteiger partial charge in [0.1, 0.15) is 11.5 Å². The van der Waals surface area contributed by atoms with Gasteiger partial charge in [0, 0.05) is 5.56 Å².